The number of benzene rings is 2. The summed E-state index contributed by atoms with van der Waals surface area (Å²) >= 11 is 1.44. The van der Waals surface area contributed by atoms with Crippen LogP contribution in [0.15, 0.2) is 86.5 Å². The van der Waals surface area contributed by atoms with Crippen molar-refractivity contribution in [2.45, 2.75) is 32.7 Å². The van der Waals surface area contributed by atoms with Gasteiger partial charge in [-0.1, -0.05) is 65.9 Å². The maximum atomic E-state index is 13.8. The van der Waals surface area contributed by atoms with Crippen LogP contribution in [0, 0.1) is 0 Å². The summed E-state index contributed by atoms with van der Waals surface area (Å²) in [7, 11) is 0. The highest BCUT2D eigenvalue weighted by Crippen LogP contribution is 2.41. The molecule has 2 aliphatic rings. The molecule has 0 saturated carbocycles. The van der Waals surface area contributed by atoms with E-state index in [4.69, 9.17) is 9.41 Å². The Bertz CT molecular complexity index is 1600. The Morgan fingerprint density at radius 3 is 2.60 bits per heavy atom. The summed E-state index contributed by atoms with van der Waals surface area (Å²) in [4.78, 5) is 21.7. The maximum Gasteiger partial charge on any atom is 0.271 e. The first-order valence-corrected chi connectivity index (χ1v) is 13.0. The van der Waals surface area contributed by atoms with Gasteiger partial charge in [0.15, 0.2) is 10.7 Å². The first kappa shape index (κ1) is 21.9. The van der Waals surface area contributed by atoms with Gasteiger partial charge in [0, 0.05) is 30.8 Å². The molecule has 1 aliphatic heterocycles. The first-order chi connectivity index (χ1) is 17.2. The normalized spacial score (nSPS) is 17.0. The van der Waals surface area contributed by atoms with Crippen LogP contribution in [0.1, 0.15) is 48.8 Å². The van der Waals surface area contributed by atoms with Crippen molar-refractivity contribution in [3.8, 4) is 0 Å². The summed E-state index contributed by atoms with van der Waals surface area (Å²) in [6.45, 7) is 5.95. The molecule has 0 bridgehead atoms. The molecule has 1 unspecified atom stereocenters. The summed E-state index contributed by atoms with van der Waals surface area (Å²) in [6, 6.07) is 22.6. The number of rotatable bonds is 5. The van der Waals surface area contributed by atoms with Gasteiger partial charge in [-0.05, 0) is 49.5 Å². The van der Waals surface area contributed by atoms with Crippen LogP contribution in [0.4, 0.5) is 5.88 Å². The molecule has 1 aliphatic carbocycles. The summed E-state index contributed by atoms with van der Waals surface area (Å²) < 4.78 is 8.58. The van der Waals surface area contributed by atoms with Crippen molar-refractivity contribution in [3.63, 3.8) is 0 Å². The molecule has 3 heterocycles. The van der Waals surface area contributed by atoms with Gasteiger partial charge in [-0.3, -0.25) is 9.36 Å². The minimum atomic E-state index is -0.152. The molecular formula is C29H27N3O2S. The van der Waals surface area contributed by atoms with Crippen molar-refractivity contribution in [3.05, 3.63) is 114 Å². The molecule has 176 valence electrons. The van der Waals surface area contributed by atoms with Gasteiger partial charge in [0.2, 0.25) is 0 Å². The van der Waals surface area contributed by atoms with E-state index in [1.165, 1.54) is 28.0 Å². The molecule has 6 heteroatoms. The lowest BCUT2D eigenvalue weighted by Gasteiger charge is -2.30. The average Bonchev–Trinajstić information content (AvgIpc) is 3.48. The predicted molar refractivity (Wildman–Crippen MR) is 141 cm³/mol. The van der Waals surface area contributed by atoms with Gasteiger partial charge in [0.1, 0.15) is 5.76 Å². The molecule has 0 fully saturated rings. The molecule has 1 atom stereocenters. The van der Waals surface area contributed by atoms with Crippen LogP contribution in [-0.2, 0) is 6.42 Å². The third kappa shape index (κ3) is 3.69. The van der Waals surface area contributed by atoms with E-state index in [-0.39, 0.29) is 11.6 Å². The molecule has 5 nitrogen and oxygen atoms in total. The summed E-state index contributed by atoms with van der Waals surface area (Å²) in [6.07, 6.45) is 3.71. The van der Waals surface area contributed by atoms with Crippen LogP contribution in [0.25, 0.3) is 11.8 Å². The second kappa shape index (κ2) is 8.86. The fraction of sp³-hybridized carbons (Fsp3) is 0.241. The quantitative estimate of drug-likeness (QED) is 0.413. The van der Waals surface area contributed by atoms with Crippen LogP contribution in [0.5, 0.6) is 0 Å². The zero-order chi connectivity index (χ0) is 23.9. The Morgan fingerprint density at radius 2 is 1.80 bits per heavy atom. The Kier molecular flexibility index (Phi) is 5.53. The number of fused-ring (bicyclic) bond motifs is 3. The van der Waals surface area contributed by atoms with E-state index in [0.29, 0.717) is 10.3 Å². The Labute approximate surface area is 208 Å². The Balaban J connectivity index is 1.54. The zero-order valence-electron chi connectivity index (χ0n) is 19.9. The molecule has 0 spiro atoms. The van der Waals surface area contributed by atoms with Crippen LogP contribution >= 0.6 is 11.3 Å². The lowest BCUT2D eigenvalue weighted by atomic mass is 9.83. The summed E-state index contributed by atoms with van der Waals surface area (Å²) in [5.74, 6) is 1.51. The fourth-order valence-electron chi connectivity index (χ4n) is 5.21. The van der Waals surface area contributed by atoms with Gasteiger partial charge in [-0.15, -0.1) is 0 Å². The average molecular weight is 482 g/mol. The second-order valence-corrected chi connectivity index (χ2v) is 9.88. The van der Waals surface area contributed by atoms with Crippen LogP contribution in [0.2, 0.25) is 0 Å². The lowest BCUT2D eigenvalue weighted by molar-refractivity contribution is 0.541. The number of hydrogen-bond acceptors (Lipinski definition) is 5. The largest absolute Gasteiger partial charge is 0.441 e. The highest BCUT2D eigenvalue weighted by atomic mass is 32.1. The zero-order valence-corrected chi connectivity index (χ0v) is 20.7. The van der Waals surface area contributed by atoms with Crippen molar-refractivity contribution in [1.29, 1.82) is 0 Å². The number of nitrogens with zero attached hydrogens (tertiary/aromatic N) is 3. The van der Waals surface area contributed by atoms with Crippen molar-refractivity contribution < 1.29 is 4.42 Å². The SMILES string of the molecule is CCN(CC)c1ccc(C=c2sc3n(c2=O)C(c2ccccc2)C2=C(N=3)c3ccccc3CC2)o1. The number of aryl methyl sites for hydroxylation is 1. The molecule has 0 radical (unpaired) electrons. The van der Waals surface area contributed by atoms with E-state index in [1.807, 2.05) is 41.0 Å². The second-order valence-electron chi connectivity index (χ2n) is 8.87. The molecule has 4 aromatic rings. The standard InChI is InChI=1S/C29H27N3O2S/c1-3-31(4-2)25-17-15-21(34-25)18-24-28(33)32-27(20-11-6-5-7-12-20)23-16-14-19-10-8-9-13-22(19)26(23)30-29(32)35-24/h5-13,15,17-18,27H,3-4,14,16H2,1-2H3. The van der Waals surface area contributed by atoms with Gasteiger partial charge >= 0.3 is 0 Å². The van der Waals surface area contributed by atoms with Gasteiger partial charge < -0.3 is 9.32 Å². The minimum Gasteiger partial charge on any atom is -0.441 e. The van der Waals surface area contributed by atoms with Crippen LogP contribution in [-0.4, -0.2) is 17.7 Å². The smallest absolute Gasteiger partial charge is 0.271 e. The molecule has 0 saturated heterocycles. The molecule has 2 aromatic heterocycles. The highest BCUT2D eigenvalue weighted by molar-refractivity contribution is 7.07. The van der Waals surface area contributed by atoms with E-state index in [2.05, 4.69) is 55.1 Å². The number of thiazole rings is 1. The number of hydrogen-bond donors (Lipinski definition) is 0. The first-order valence-electron chi connectivity index (χ1n) is 12.2. The Morgan fingerprint density at radius 1 is 1.03 bits per heavy atom. The van der Waals surface area contributed by atoms with Crippen LogP contribution < -0.4 is 19.8 Å². The molecule has 0 N–H and O–H groups in total. The van der Waals surface area contributed by atoms with Crippen molar-refractivity contribution in [1.82, 2.24) is 4.57 Å². The topological polar surface area (TPSA) is 50.7 Å². The van der Waals surface area contributed by atoms with Gasteiger partial charge in [0.05, 0.1) is 16.3 Å². The maximum absolute atomic E-state index is 13.8. The van der Waals surface area contributed by atoms with E-state index in [0.717, 1.165) is 47.9 Å². The van der Waals surface area contributed by atoms with Crippen molar-refractivity contribution >= 4 is 29.0 Å². The predicted octanol–water partition coefficient (Wildman–Crippen LogP) is 4.76. The summed E-state index contributed by atoms with van der Waals surface area (Å²) in [5.41, 5.74) is 5.84. The van der Waals surface area contributed by atoms with E-state index in [9.17, 15) is 4.79 Å². The van der Waals surface area contributed by atoms with E-state index in [1.54, 1.807) is 0 Å². The molecule has 35 heavy (non-hydrogen) atoms. The molecular weight excluding hydrogens is 454 g/mol. The molecule has 0 amide bonds. The molecule has 6 rings (SSSR count). The van der Waals surface area contributed by atoms with E-state index < -0.39 is 0 Å². The van der Waals surface area contributed by atoms with Crippen molar-refractivity contribution in [2.75, 3.05) is 18.0 Å². The van der Waals surface area contributed by atoms with Gasteiger partial charge in [-0.2, -0.15) is 0 Å². The number of aromatic nitrogens is 1. The van der Waals surface area contributed by atoms with E-state index >= 15 is 0 Å². The third-order valence-electron chi connectivity index (χ3n) is 6.95. The highest BCUT2D eigenvalue weighted by Gasteiger charge is 2.32. The molecule has 2 aromatic carbocycles. The number of furan rings is 1. The monoisotopic (exact) mass is 481 g/mol. The van der Waals surface area contributed by atoms with Crippen LogP contribution in [0.3, 0.4) is 0 Å². The minimum absolute atomic E-state index is 0.0196. The third-order valence-corrected chi connectivity index (χ3v) is 7.93. The van der Waals surface area contributed by atoms with Crippen molar-refractivity contribution in [2.24, 2.45) is 4.99 Å². The fourth-order valence-corrected chi connectivity index (χ4v) is 6.19. The van der Waals surface area contributed by atoms with Gasteiger partial charge in [-0.25, -0.2) is 4.99 Å². The Hall–Kier alpha value is -3.64. The summed E-state index contributed by atoms with van der Waals surface area (Å²) in [5, 5.41) is 0. The van der Waals surface area contributed by atoms with Gasteiger partial charge in [0.25, 0.3) is 5.56 Å². The number of allylic oxidation sites excluding steroid dienone is 1. The lowest BCUT2D eigenvalue weighted by Crippen LogP contribution is -2.38. The number of anilines is 1.